The Morgan fingerprint density at radius 2 is 2.00 bits per heavy atom. The zero-order valence-electron chi connectivity index (χ0n) is 18.5. The number of carbonyl (C=O) groups is 1. The number of anilines is 1. The second-order valence-corrected chi connectivity index (χ2v) is 11.0. The summed E-state index contributed by atoms with van der Waals surface area (Å²) < 4.78 is 33.6. The van der Waals surface area contributed by atoms with Crippen LogP contribution < -0.4 is 5.32 Å². The number of amides is 1. The first-order valence-corrected chi connectivity index (χ1v) is 13.1. The van der Waals surface area contributed by atoms with Crippen molar-refractivity contribution in [3.63, 3.8) is 0 Å². The number of unbranched alkanes of at least 4 members (excludes halogenated alkanes) is 1. The highest BCUT2D eigenvalue weighted by Crippen LogP contribution is 2.29. The number of nitrogens with one attached hydrogen (secondary N) is 1. The number of aromatic nitrogens is 1. The topological polar surface area (TPSA) is 91.8 Å². The molecule has 0 bridgehead atoms. The van der Waals surface area contributed by atoms with Crippen LogP contribution in [0.25, 0.3) is 10.2 Å². The SMILES string of the molecule is CCCCC(CC)COC(=O)Nc1nc2ccc(S(=O)(=O)N3CCN(C)CC3)cc2s1. The first-order valence-electron chi connectivity index (χ1n) is 10.9. The van der Waals surface area contributed by atoms with Gasteiger partial charge in [-0.15, -0.1) is 0 Å². The second kappa shape index (κ2) is 10.7. The smallest absolute Gasteiger partial charge is 0.413 e. The van der Waals surface area contributed by atoms with Crippen molar-refractivity contribution in [1.29, 1.82) is 0 Å². The molecule has 0 spiro atoms. The summed E-state index contributed by atoms with van der Waals surface area (Å²) in [5, 5.41) is 3.07. The lowest BCUT2D eigenvalue weighted by molar-refractivity contribution is 0.136. The van der Waals surface area contributed by atoms with Crippen molar-refractivity contribution < 1.29 is 17.9 Å². The Kier molecular flexibility index (Phi) is 8.26. The van der Waals surface area contributed by atoms with Crippen LogP contribution in [0.3, 0.4) is 0 Å². The Hall–Kier alpha value is -1.75. The minimum Gasteiger partial charge on any atom is -0.449 e. The molecule has 0 aliphatic carbocycles. The molecule has 1 atom stereocenters. The van der Waals surface area contributed by atoms with Crippen molar-refractivity contribution in [3.8, 4) is 0 Å². The van der Waals surface area contributed by atoms with E-state index in [1.54, 1.807) is 18.2 Å². The van der Waals surface area contributed by atoms with Crippen LogP contribution in [0.15, 0.2) is 23.1 Å². The highest BCUT2D eigenvalue weighted by atomic mass is 32.2. The normalized spacial score (nSPS) is 17.0. The Morgan fingerprint density at radius 3 is 2.68 bits per heavy atom. The molecule has 172 valence electrons. The van der Waals surface area contributed by atoms with E-state index in [1.165, 1.54) is 15.6 Å². The van der Waals surface area contributed by atoms with Crippen molar-refractivity contribution in [1.82, 2.24) is 14.2 Å². The lowest BCUT2D eigenvalue weighted by atomic mass is 10.0. The third kappa shape index (κ3) is 6.15. The Bertz CT molecular complexity index is 984. The largest absolute Gasteiger partial charge is 0.449 e. The number of nitrogens with zero attached hydrogens (tertiary/aromatic N) is 3. The van der Waals surface area contributed by atoms with Gasteiger partial charge in [-0.25, -0.2) is 18.2 Å². The molecule has 1 aromatic heterocycles. The fourth-order valence-electron chi connectivity index (χ4n) is 3.51. The zero-order valence-corrected chi connectivity index (χ0v) is 20.1. The maximum atomic E-state index is 13.0. The van der Waals surface area contributed by atoms with Crippen molar-refractivity contribution in [2.75, 3.05) is 45.2 Å². The van der Waals surface area contributed by atoms with Crippen molar-refractivity contribution in [2.24, 2.45) is 5.92 Å². The Labute approximate surface area is 188 Å². The van der Waals surface area contributed by atoms with Gasteiger partial charge in [-0.05, 0) is 37.6 Å². The number of thiazole rings is 1. The molecule has 10 heteroatoms. The van der Waals surface area contributed by atoms with E-state index >= 15 is 0 Å². The van der Waals surface area contributed by atoms with Crippen LogP contribution >= 0.6 is 11.3 Å². The van der Waals surface area contributed by atoms with Gasteiger partial charge in [0, 0.05) is 26.2 Å². The number of piperazine rings is 1. The molecule has 1 aliphatic rings. The van der Waals surface area contributed by atoms with E-state index < -0.39 is 16.1 Å². The molecule has 1 aromatic carbocycles. The number of carbonyl (C=O) groups excluding carboxylic acids is 1. The molecule has 1 fully saturated rings. The van der Waals surface area contributed by atoms with E-state index in [0.29, 0.717) is 41.0 Å². The third-order valence-corrected chi connectivity index (χ3v) is 8.49. The Balaban J connectivity index is 1.64. The zero-order chi connectivity index (χ0) is 22.4. The van der Waals surface area contributed by atoms with Crippen molar-refractivity contribution in [2.45, 2.75) is 44.4 Å². The molecule has 8 nitrogen and oxygen atoms in total. The molecule has 1 amide bonds. The van der Waals surface area contributed by atoms with E-state index in [4.69, 9.17) is 4.74 Å². The highest BCUT2D eigenvalue weighted by Gasteiger charge is 2.28. The first-order chi connectivity index (χ1) is 14.8. The number of hydrogen-bond acceptors (Lipinski definition) is 7. The summed E-state index contributed by atoms with van der Waals surface area (Å²) in [5.41, 5.74) is 0.645. The summed E-state index contributed by atoms with van der Waals surface area (Å²) in [7, 11) is -1.56. The van der Waals surface area contributed by atoms with E-state index in [9.17, 15) is 13.2 Å². The molecule has 31 heavy (non-hydrogen) atoms. The van der Waals surface area contributed by atoms with Crippen LogP contribution in [0.2, 0.25) is 0 Å². The average molecular weight is 469 g/mol. The lowest BCUT2D eigenvalue weighted by Crippen LogP contribution is -2.46. The van der Waals surface area contributed by atoms with Gasteiger partial charge in [0.2, 0.25) is 10.0 Å². The van der Waals surface area contributed by atoms with Gasteiger partial charge in [-0.1, -0.05) is 44.4 Å². The molecule has 1 saturated heterocycles. The maximum absolute atomic E-state index is 13.0. The fourth-order valence-corrected chi connectivity index (χ4v) is 5.93. The number of hydrogen-bond donors (Lipinski definition) is 1. The van der Waals surface area contributed by atoms with E-state index in [-0.39, 0.29) is 4.90 Å². The van der Waals surface area contributed by atoms with Crippen LogP contribution in [0.1, 0.15) is 39.5 Å². The minimum absolute atomic E-state index is 0.254. The molecule has 3 rings (SSSR count). The fraction of sp³-hybridized carbons (Fsp3) is 0.619. The van der Waals surface area contributed by atoms with Gasteiger partial charge < -0.3 is 9.64 Å². The van der Waals surface area contributed by atoms with Gasteiger partial charge in [0.05, 0.1) is 21.7 Å². The highest BCUT2D eigenvalue weighted by molar-refractivity contribution is 7.89. The van der Waals surface area contributed by atoms with Crippen LogP contribution in [0, 0.1) is 5.92 Å². The van der Waals surface area contributed by atoms with Crippen LogP contribution in [0.4, 0.5) is 9.93 Å². The number of sulfonamides is 1. The summed E-state index contributed by atoms with van der Waals surface area (Å²) in [6.45, 7) is 7.04. The molecule has 0 saturated carbocycles. The van der Waals surface area contributed by atoms with Gasteiger partial charge in [0.25, 0.3) is 0 Å². The van der Waals surface area contributed by atoms with E-state index in [0.717, 1.165) is 38.8 Å². The second-order valence-electron chi connectivity index (χ2n) is 8.00. The number of rotatable bonds is 9. The molecule has 1 N–H and O–H groups in total. The number of fused-ring (bicyclic) bond motifs is 1. The third-order valence-electron chi connectivity index (χ3n) is 5.66. The Morgan fingerprint density at radius 1 is 1.26 bits per heavy atom. The molecular weight excluding hydrogens is 436 g/mol. The predicted molar refractivity (Wildman–Crippen MR) is 124 cm³/mol. The van der Waals surface area contributed by atoms with Gasteiger partial charge in [-0.2, -0.15) is 4.31 Å². The van der Waals surface area contributed by atoms with Crippen LogP contribution in [-0.2, 0) is 14.8 Å². The van der Waals surface area contributed by atoms with Crippen LogP contribution in [0.5, 0.6) is 0 Å². The predicted octanol–water partition coefficient (Wildman–Crippen LogP) is 4.00. The summed E-state index contributed by atoms with van der Waals surface area (Å²) >= 11 is 1.24. The summed E-state index contributed by atoms with van der Waals surface area (Å²) in [5.74, 6) is 0.364. The number of ether oxygens (including phenoxy) is 1. The summed E-state index contributed by atoms with van der Waals surface area (Å²) in [6.07, 6.45) is 3.74. The molecule has 2 heterocycles. The molecule has 1 aliphatic heterocycles. The maximum Gasteiger partial charge on any atom is 0.413 e. The summed E-state index contributed by atoms with van der Waals surface area (Å²) in [4.78, 5) is 18.9. The van der Waals surface area contributed by atoms with Gasteiger partial charge >= 0.3 is 6.09 Å². The molecule has 1 unspecified atom stereocenters. The quantitative estimate of drug-likeness (QED) is 0.598. The van der Waals surface area contributed by atoms with Crippen molar-refractivity contribution in [3.05, 3.63) is 18.2 Å². The van der Waals surface area contributed by atoms with E-state index in [1.807, 2.05) is 7.05 Å². The molecule has 2 aromatic rings. The minimum atomic E-state index is -3.55. The van der Waals surface area contributed by atoms with Crippen LogP contribution in [-0.4, -0.2) is 68.5 Å². The first kappa shape index (κ1) is 23.9. The monoisotopic (exact) mass is 468 g/mol. The summed E-state index contributed by atoms with van der Waals surface area (Å²) in [6, 6.07) is 4.90. The lowest BCUT2D eigenvalue weighted by Gasteiger charge is -2.31. The standard InChI is InChI=1S/C21H32N4O4S2/c1-4-6-7-16(5-2)15-29-21(26)23-20-22-18-9-8-17(14-19(18)30-20)31(27,28)25-12-10-24(3)11-13-25/h8-9,14,16H,4-7,10-13,15H2,1-3H3,(H,22,23,26). The average Bonchev–Trinajstić information content (AvgIpc) is 3.15. The molecular formula is C21H32N4O4S2. The van der Waals surface area contributed by atoms with Crippen molar-refractivity contribution >= 4 is 42.8 Å². The van der Waals surface area contributed by atoms with E-state index in [2.05, 4.69) is 29.0 Å². The van der Waals surface area contributed by atoms with Gasteiger partial charge in [0.15, 0.2) is 5.13 Å². The number of likely N-dealkylation sites (N-methyl/N-ethyl adjacent to an activating group) is 1. The van der Waals surface area contributed by atoms with Gasteiger partial charge in [0.1, 0.15) is 0 Å². The molecule has 0 radical (unpaired) electrons. The number of benzene rings is 1. The van der Waals surface area contributed by atoms with Gasteiger partial charge in [-0.3, -0.25) is 5.32 Å².